The first-order valence-electron chi connectivity index (χ1n) is 8.32. The summed E-state index contributed by atoms with van der Waals surface area (Å²) < 4.78 is 10.8. The van der Waals surface area contributed by atoms with Crippen LogP contribution in [-0.2, 0) is 0 Å². The summed E-state index contributed by atoms with van der Waals surface area (Å²) >= 11 is 0. The lowest BCUT2D eigenvalue weighted by atomic mass is 9.91. The van der Waals surface area contributed by atoms with E-state index in [1.807, 2.05) is 6.92 Å². The molecule has 2 unspecified atom stereocenters. The van der Waals surface area contributed by atoms with E-state index in [2.05, 4.69) is 0 Å². The first-order chi connectivity index (χ1) is 11.9. The van der Waals surface area contributed by atoms with Gasteiger partial charge in [0.15, 0.2) is 11.4 Å². The Hall–Kier alpha value is -2.60. The second kappa shape index (κ2) is 6.37. The highest BCUT2D eigenvalue weighted by Crippen LogP contribution is 2.41. The summed E-state index contributed by atoms with van der Waals surface area (Å²) in [6.45, 7) is 5.38. The minimum atomic E-state index is -0.920. The van der Waals surface area contributed by atoms with Crippen LogP contribution in [0.5, 0.6) is 5.75 Å². The zero-order valence-electron chi connectivity index (χ0n) is 14.3. The monoisotopic (exact) mass is 344 g/mol. The van der Waals surface area contributed by atoms with Crippen molar-refractivity contribution in [3.8, 4) is 5.75 Å². The highest BCUT2D eigenvalue weighted by Gasteiger charge is 2.28. The molecule has 3 rings (SSSR count). The van der Waals surface area contributed by atoms with Gasteiger partial charge in [-0.05, 0) is 18.9 Å². The number of carbonyl (C=O) groups is 1. The Kier molecular flexibility index (Phi) is 4.39. The predicted molar refractivity (Wildman–Crippen MR) is 93.0 cm³/mol. The van der Waals surface area contributed by atoms with Gasteiger partial charge in [-0.15, -0.1) is 0 Å². The molecule has 0 saturated heterocycles. The van der Waals surface area contributed by atoms with E-state index in [0.29, 0.717) is 29.2 Å². The number of phenols is 1. The number of fused-ring (bicyclic) bond motifs is 3. The van der Waals surface area contributed by atoms with Crippen LogP contribution in [0.25, 0.3) is 21.9 Å². The second-order valence-corrected chi connectivity index (χ2v) is 6.21. The van der Waals surface area contributed by atoms with Crippen LogP contribution in [0, 0.1) is 5.92 Å². The van der Waals surface area contributed by atoms with Crippen LogP contribution < -0.4 is 5.63 Å². The standard InChI is InChI=1S/C19H20O6/c1-4-9(3)16(22)15-17(23)10-6-7-24-18(10)14-11(12(20)5-2)8-13(21)25-19(14)15/h6-9,12,20,23H,4-5H2,1-3H3. The van der Waals surface area contributed by atoms with E-state index in [-0.39, 0.29) is 34.2 Å². The van der Waals surface area contributed by atoms with Crippen LogP contribution in [0.1, 0.15) is 55.6 Å². The molecule has 0 aliphatic heterocycles. The summed E-state index contributed by atoms with van der Waals surface area (Å²) in [6.07, 6.45) is 1.41. The molecule has 2 aromatic heterocycles. The fraction of sp³-hybridized carbons (Fsp3) is 0.368. The van der Waals surface area contributed by atoms with Crippen molar-refractivity contribution >= 4 is 27.7 Å². The number of aliphatic hydroxyl groups excluding tert-OH is 1. The average molecular weight is 344 g/mol. The molecule has 0 aliphatic carbocycles. The normalized spacial score (nSPS) is 14.1. The van der Waals surface area contributed by atoms with E-state index in [9.17, 15) is 19.8 Å². The van der Waals surface area contributed by atoms with E-state index in [4.69, 9.17) is 8.83 Å². The van der Waals surface area contributed by atoms with Gasteiger partial charge in [-0.2, -0.15) is 0 Å². The minimum absolute atomic E-state index is 0.0412. The minimum Gasteiger partial charge on any atom is -0.506 e. The molecule has 0 saturated carbocycles. The van der Waals surface area contributed by atoms with Gasteiger partial charge in [0.05, 0.1) is 23.1 Å². The average Bonchev–Trinajstić information content (AvgIpc) is 3.09. The quantitative estimate of drug-likeness (QED) is 0.537. The number of benzene rings is 1. The number of Topliss-reactive ketones (excluding diaryl/α,β-unsaturated/α-hetero) is 1. The number of carbonyl (C=O) groups excluding carboxylic acids is 1. The van der Waals surface area contributed by atoms with Crippen molar-refractivity contribution in [3.63, 3.8) is 0 Å². The molecule has 0 amide bonds. The predicted octanol–water partition coefficient (Wildman–Crippen LogP) is 3.92. The first kappa shape index (κ1) is 17.2. The molecular weight excluding hydrogens is 324 g/mol. The number of aliphatic hydroxyl groups is 1. The fourth-order valence-electron chi connectivity index (χ4n) is 3.00. The molecule has 1 aromatic carbocycles. The highest BCUT2D eigenvalue weighted by molar-refractivity contribution is 6.19. The number of ketones is 1. The van der Waals surface area contributed by atoms with E-state index in [1.54, 1.807) is 19.9 Å². The fourth-order valence-corrected chi connectivity index (χ4v) is 3.00. The Morgan fingerprint density at radius 1 is 1.24 bits per heavy atom. The van der Waals surface area contributed by atoms with Gasteiger partial charge in [-0.3, -0.25) is 4.79 Å². The van der Waals surface area contributed by atoms with Crippen molar-refractivity contribution in [1.82, 2.24) is 0 Å². The van der Waals surface area contributed by atoms with Crippen LogP contribution in [0.15, 0.2) is 32.0 Å². The van der Waals surface area contributed by atoms with Crippen LogP contribution in [0.2, 0.25) is 0 Å². The number of hydrogen-bond donors (Lipinski definition) is 2. The Balaban J connectivity index is 2.54. The largest absolute Gasteiger partial charge is 0.506 e. The second-order valence-electron chi connectivity index (χ2n) is 6.21. The molecule has 2 N–H and O–H groups in total. The van der Waals surface area contributed by atoms with E-state index >= 15 is 0 Å². The maximum Gasteiger partial charge on any atom is 0.336 e. The van der Waals surface area contributed by atoms with Crippen LogP contribution in [0.3, 0.4) is 0 Å². The molecule has 2 atom stereocenters. The molecule has 6 heteroatoms. The van der Waals surface area contributed by atoms with Gasteiger partial charge >= 0.3 is 5.63 Å². The Morgan fingerprint density at radius 2 is 1.96 bits per heavy atom. The zero-order valence-corrected chi connectivity index (χ0v) is 14.3. The smallest absolute Gasteiger partial charge is 0.336 e. The molecule has 0 aliphatic rings. The number of aromatic hydroxyl groups is 1. The molecule has 3 aromatic rings. The topological polar surface area (TPSA) is 101 Å². The lowest BCUT2D eigenvalue weighted by Gasteiger charge is -2.15. The van der Waals surface area contributed by atoms with Crippen LogP contribution >= 0.6 is 0 Å². The Labute approximate surface area is 143 Å². The Morgan fingerprint density at radius 3 is 2.60 bits per heavy atom. The molecule has 0 spiro atoms. The number of phenolic OH excluding ortho intramolecular Hbond substituents is 1. The van der Waals surface area contributed by atoms with Gasteiger partial charge in [0.2, 0.25) is 0 Å². The third-order valence-corrected chi connectivity index (χ3v) is 4.66. The van der Waals surface area contributed by atoms with Gasteiger partial charge in [0.1, 0.15) is 16.9 Å². The highest BCUT2D eigenvalue weighted by atomic mass is 16.4. The van der Waals surface area contributed by atoms with Gasteiger partial charge in [0.25, 0.3) is 0 Å². The molecule has 2 heterocycles. The molecular formula is C19H20O6. The van der Waals surface area contributed by atoms with Crippen molar-refractivity contribution in [3.05, 3.63) is 39.9 Å². The van der Waals surface area contributed by atoms with Gasteiger partial charge < -0.3 is 19.0 Å². The van der Waals surface area contributed by atoms with Crippen molar-refractivity contribution < 1.29 is 23.8 Å². The summed E-state index contributed by atoms with van der Waals surface area (Å²) in [7, 11) is 0. The van der Waals surface area contributed by atoms with Gasteiger partial charge in [-0.1, -0.05) is 20.8 Å². The van der Waals surface area contributed by atoms with Crippen molar-refractivity contribution in [2.24, 2.45) is 5.92 Å². The third-order valence-electron chi connectivity index (χ3n) is 4.66. The lowest BCUT2D eigenvalue weighted by molar-refractivity contribution is 0.0925. The number of rotatable bonds is 5. The third kappa shape index (κ3) is 2.62. The summed E-state index contributed by atoms with van der Waals surface area (Å²) in [5.74, 6) is -0.948. The molecule has 132 valence electrons. The van der Waals surface area contributed by atoms with Crippen molar-refractivity contribution in [2.75, 3.05) is 0 Å². The maximum absolute atomic E-state index is 12.8. The van der Waals surface area contributed by atoms with Crippen LogP contribution in [-0.4, -0.2) is 16.0 Å². The van der Waals surface area contributed by atoms with E-state index in [1.165, 1.54) is 12.3 Å². The lowest BCUT2D eigenvalue weighted by Crippen LogP contribution is -2.13. The Bertz CT molecular complexity index is 1010. The van der Waals surface area contributed by atoms with E-state index < -0.39 is 11.7 Å². The summed E-state index contributed by atoms with van der Waals surface area (Å²) in [6, 6.07) is 2.75. The van der Waals surface area contributed by atoms with Crippen molar-refractivity contribution in [1.29, 1.82) is 0 Å². The number of hydrogen-bond acceptors (Lipinski definition) is 6. The van der Waals surface area contributed by atoms with Gasteiger partial charge in [0, 0.05) is 17.5 Å². The maximum atomic E-state index is 12.8. The first-order valence-corrected chi connectivity index (χ1v) is 8.32. The SMILES string of the molecule is CCC(C)C(=O)c1c(O)c2ccoc2c2c(C(O)CC)cc(=O)oc12. The number of furan rings is 1. The molecule has 0 bridgehead atoms. The van der Waals surface area contributed by atoms with E-state index in [0.717, 1.165) is 0 Å². The molecule has 25 heavy (non-hydrogen) atoms. The molecule has 0 radical (unpaired) electrons. The summed E-state index contributed by atoms with van der Waals surface area (Å²) in [4.78, 5) is 24.8. The molecule has 0 fully saturated rings. The van der Waals surface area contributed by atoms with Crippen LogP contribution in [0.4, 0.5) is 0 Å². The van der Waals surface area contributed by atoms with Crippen molar-refractivity contribution in [2.45, 2.75) is 39.7 Å². The zero-order chi connectivity index (χ0) is 18.3. The summed E-state index contributed by atoms with van der Waals surface area (Å²) in [5.41, 5.74) is -0.175. The van der Waals surface area contributed by atoms with Gasteiger partial charge in [-0.25, -0.2) is 4.79 Å². The summed E-state index contributed by atoms with van der Waals surface area (Å²) in [5, 5.41) is 21.6. The molecule has 6 nitrogen and oxygen atoms in total.